The highest BCUT2D eigenvalue weighted by molar-refractivity contribution is 6.74. The summed E-state index contributed by atoms with van der Waals surface area (Å²) >= 11 is 0. The number of aryl methyl sites for hydroxylation is 1. The maximum atomic E-state index is 12.7. The highest BCUT2D eigenvalue weighted by Gasteiger charge is 2.46. The van der Waals surface area contributed by atoms with Crippen LogP contribution in [0.25, 0.3) is 10.4 Å². The Morgan fingerprint density at radius 2 is 1.61 bits per heavy atom. The number of hydrogen-bond acceptors (Lipinski definition) is 12. The average Bonchev–Trinajstić information content (AvgIpc) is 3.01. The number of rotatable bonds is 21. The van der Waals surface area contributed by atoms with E-state index in [1.165, 1.54) is 13.8 Å². The highest BCUT2D eigenvalue weighted by Crippen LogP contribution is 2.42. The summed E-state index contributed by atoms with van der Waals surface area (Å²) in [5, 5.41) is 2.88. The first kappa shape index (κ1) is 41.8. The molecule has 1 saturated heterocycles. The number of ketones is 1. The van der Waals surface area contributed by atoms with E-state index in [0.29, 0.717) is 63.6 Å². The molecule has 2 rings (SSSR count). The Balaban J connectivity index is 2.07. The molecule has 14 nitrogen and oxygen atoms in total. The van der Waals surface area contributed by atoms with Crippen LogP contribution in [0.2, 0.25) is 18.1 Å². The van der Waals surface area contributed by atoms with E-state index in [2.05, 4.69) is 48.9 Å². The smallest absolute Gasteiger partial charge is 0.303 e. The monoisotopic (exact) mass is 709 g/mol. The molecule has 0 saturated carbocycles. The van der Waals surface area contributed by atoms with Crippen molar-refractivity contribution in [1.29, 1.82) is 0 Å². The first-order chi connectivity index (χ1) is 23.1. The van der Waals surface area contributed by atoms with Crippen LogP contribution in [0.5, 0.6) is 11.5 Å². The summed E-state index contributed by atoms with van der Waals surface area (Å²) in [6.45, 7) is 19.0. The topological polar surface area (TPSA) is 174 Å². The van der Waals surface area contributed by atoms with Crippen LogP contribution in [0.3, 0.4) is 0 Å². The lowest BCUT2D eigenvalue weighted by Crippen LogP contribution is -2.54. The second-order valence-electron chi connectivity index (χ2n) is 13.8. The van der Waals surface area contributed by atoms with Gasteiger partial charge in [0, 0.05) is 50.0 Å². The average molecular weight is 710 g/mol. The van der Waals surface area contributed by atoms with Gasteiger partial charge in [0.15, 0.2) is 5.75 Å². The molecule has 1 aromatic carbocycles. The predicted octanol–water partition coefficient (Wildman–Crippen LogP) is 6.50. The number of carbonyl (C=O) groups excluding carboxylic acids is 3. The van der Waals surface area contributed by atoms with Crippen LogP contribution in [-0.2, 0) is 49.3 Å². The summed E-state index contributed by atoms with van der Waals surface area (Å²) < 4.78 is 41.2. The third kappa shape index (κ3) is 14.6. The van der Waals surface area contributed by atoms with Gasteiger partial charge in [-0.25, -0.2) is 0 Å². The minimum atomic E-state index is -2.30. The van der Waals surface area contributed by atoms with Gasteiger partial charge in [0.2, 0.25) is 6.29 Å². The van der Waals surface area contributed by atoms with Crippen molar-refractivity contribution in [1.82, 2.24) is 0 Å². The molecule has 5 atom stereocenters. The number of azide groups is 1. The molecular weight excluding hydrogens is 654 g/mol. The molecular formula is C34H55N3O11Si. The van der Waals surface area contributed by atoms with Crippen LogP contribution in [0.1, 0.15) is 73.3 Å². The van der Waals surface area contributed by atoms with Gasteiger partial charge in [-0.05, 0) is 54.2 Å². The molecule has 0 bridgehead atoms. The normalized spacial score (nSPS) is 20.9. The summed E-state index contributed by atoms with van der Waals surface area (Å²) in [5.74, 6) is -0.0195. The van der Waals surface area contributed by atoms with Gasteiger partial charge in [0.25, 0.3) is 8.32 Å². The van der Waals surface area contributed by atoms with Crippen LogP contribution in [-0.4, -0.2) is 84.2 Å². The molecule has 1 aliphatic heterocycles. The van der Waals surface area contributed by atoms with E-state index in [0.717, 1.165) is 5.56 Å². The summed E-state index contributed by atoms with van der Waals surface area (Å²) in [5.41, 5.74) is 9.08. The van der Waals surface area contributed by atoms with Crippen molar-refractivity contribution in [2.24, 2.45) is 17.1 Å². The summed E-state index contributed by atoms with van der Waals surface area (Å²) in [6.07, 6.45) is -0.116. The fraction of sp³-hybridized carbons (Fsp3) is 0.735. The van der Waals surface area contributed by atoms with E-state index in [4.69, 9.17) is 38.4 Å². The standard InChI is InChI=1S/C34H55N3O11Si/c1-23-24(2)33(47-31(22-43-25(3)38)32(23)45-26(4)39)46-29-15-13-27(21-30(29)48-49(8,9)34(5,6)7)12-14-28(40)11-10-16-41-17-18-42-19-20-44-37-36-35/h13,15,21,23-24,31-33H,10-12,14,16-20,22H2,1-9H3/t23-,24-,31-,32-,33-/m1/s1. The highest BCUT2D eigenvalue weighted by atomic mass is 28.4. The molecule has 0 spiro atoms. The second-order valence-corrected chi connectivity index (χ2v) is 18.5. The maximum Gasteiger partial charge on any atom is 0.303 e. The fourth-order valence-corrected chi connectivity index (χ4v) is 5.82. The Kier molecular flexibility index (Phi) is 17.4. The summed E-state index contributed by atoms with van der Waals surface area (Å²) in [4.78, 5) is 43.2. The fourth-order valence-electron chi connectivity index (χ4n) is 4.81. The first-order valence-corrected chi connectivity index (χ1v) is 19.7. The number of Topliss-reactive ketones (excluding diaryl/α,β-unsaturated/α-hetero) is 1. The van der Waals surface area contributed by atoms with Gasteiger partial charge in [-0.2, -0.15) is 0 Å². The third-order valence-corrected chi connectivity index (χ3v) is 13.2. The zero-order chi connectivity index (χ0) is 36.6. The summed E-state index contributed by atoms with van der Waals surface area (Å²) in [6, 6.07) is 5.72. The zero-order valence-electron chi connectivity index (χ0n) is 30.5. The quantitative estimate of drug-likeness (QED) is 0.0259. The second kappa shape index (κ2) is 20.3. The number of esters is 2. The lowest BCUT2D eigenvalue weighted by molar-refractivity contribution is -0.248. The molecule has 0 radical (unpaired) electrons. The molecule has 0 unspecified atom stereocenters. The number of carbonyl (C=O) groups is 3. The van der Waals surface area contributed by atoms with Crippen LogP contribution in [0, 0.1) is 11.8 Å². The van der Waals surface area contributed by atoms with Gasteiger partial charge < -0.3 is 37.7 Å². The number of ether oxygens (including phenoxy) is 6. The Labute approximate surface area is 291 Å². The van der Waals surface area contributed by atoms with E-state index in [-0.39, 0.29) is 35.9 Å². The molecule has 0 amide bonds. The number of hydrogen-bond donors (Lipinski definition) is 0. The van der Waals surface area contributed by atoms with Gasteiger partial charge in [0.1, 0.15) is 42.2 Å². The van der Waals surface area contributed by atoms with Crippen molar-refractivity contribution in [3.8, 4) is 11.5 Å². The lowest BCUT2D eigenvalue weighted by atomic mass is 9.84. The Morgan fingerprint density at radius 1 is 0.939 bits per heavy atom. The van der Waals surface area contributed by atoms with Crippen molar-refractivity contribution >= 4 is 26.0 Å². The van der Waals surface area contributed by atoms with Crippen LogP contribution < -0.4 is 9.16 Å². The largest absolute Gasteiger partial charge is 0.541 e. The van der Waals surface area contributed by atoms with Crippen molar-refractivity contribution in [3.63, 3.8) is 0 Å². The predicted molar refractivity (Wildman–Crippen MR) is 183 cm³/mol. The number of benzene rings is 1. The van der Waals surface area contributed by atoms with Crippen LogP contribution in [0.4, 0.5) is 0 Å². The Bertz CT molecular complexity index is 1270. The zero-order valence-corrected chi connectivity index (χ0v) is 31.5. The van der Waals surface area contributed by atoms with E-state index in [1.54, 1.807) is 0 Å². The van der Waals surface area contributed by atoms with Gasteiger partial charge in [0.05, 0.1) is 19.8 Å². The van der Waals surface area contributed by atoms with Crippen LogP contribution in [0.15, 0.2) is 23.5 Å². The maximum absolute atomic E-state index is 12.7. The molecule has 0 N–H and O–H groups in total. The van der Waals surface area contributed by atoms with Crippen molar-refractivity contribution in [3.05, 3.63) is 34.2 Å². The molecule has 1 heterocycles. The first-order valence-electron chi connectivity index (χ1n) is 16.8. The van der Waals surface area contributed by atoms with Gasteiger partial charge in [-0.15, -0.1) is 0 Å². The van der Waals surface area contributed by atoms with Gasteiger partial charge in [-0.1, -0.05) is 40.7 Å². The summed E-state index contributed by atoms with van der Waals surface area (Å²) in [7, 11) is -2.30. The molecule has 1 fully saturated rings. The van der Waals surface area contributed by atoms with Gasteiger partial charge >= 0.3 is 11.9 Å². The van der Waals surface area contributed by atoms with E-state index in [9.17, 15) is 14.4 Å². The van der Waals surface area contributed by atoms with Crippen molar-refractivity contribution in [2.45, 2.75) is 111 Å². The molecule has 276 valence electrons. The molecule has 49 heavy (non-hydrogen) atoms. The van der Waals surface area contributed by atoms with Gasteiger partial charge in [-0.3, -0.25) is 14.4 Å². The van der Waals surface area contributed by atoms with E-state index >= 15 is 0 Å². The minimum absolute atomic E-state index is 0.0812. The lowest BCUT2D eigenvalue weighted by Gasteiger charge is -2.43. The minimum Gasteiger partial charge on any atom is -0.541 e. The SMILES string of the molecule is CC(=O)OC[C@H]1O[C@@H](Oc2ccc(CCC(=O)CCCOCCOCCON=[N+]=[N-])cc2O[Si](C)(C)C(C)(C)C)[C@H](C)[C@@H](C)[C@H]1OC(C)=O. The third-order valence-electron chi connectivity index (χ3n) is 8.85. The van der Waals surface area contributed by atoms with Crippen molar-refractivity contribution in [2.75, 3.05) is 39.6 Å². The molecule has 1 aliphatic rings. The van der Waals surface area contributed by atoms with E-state index < -0.39 is 38.8 Å². The Hall–Kier alpha value is -3.36. The molecule has 0 aliphatic carbocycles. The molecule has 0 aromatic heterocycles. The van der Waals surface area contributed by atoms with Crippen molar-refractivity contribution < 1.29 is 52.1 Å². The van der Waals surface area contributed by atoms with Crippen LogP contribution >= 0.6 is 0 Å². The Morgan fingerprint density at radius 3 is 2.24 bits per heavy atom. The molecule has 1 aromatic rings. The molecule has 15 heteroatoms. The van der Waals surface area contributed by atoms with E-state index in [1.807, 2.05) is 32.0 Å². The number of nitrogens with zero attached hydrogens (tertiary/aromatic N) is 3.